The van der Waals surface area contributed by atoms with Crippen LogP contribution in [-0.2, 0) is 6.54 Å². The van der Waals surface area contributed by atoms with Crippen LogP contribution in [0.4, 0.5) is 5.69 Å². The lowest BCUT2D eigenvalue weighted by Gasteiger charge is -2.12. The third-order valence-electron chi connectivity index (χ3n) is 3.66. The summed E-state index contributed by atoms with van der Waals surface area (Å²) in [4.78, 5) is 0. The number of hydrogen-bond donors (Lipinski definition) is 2. The molecule has 0 aliphatic carbocycles. The molecule has 0 saturated carbocycles. The maximum Gasteiger partial charge on any atom is 0.122 e. The second-order valence-corrected chi connectivity index (χ2v) is 5.43. The minimum absolute atomic E-state index is 0.223. The van der Waals surface area contributed by atoms with Crippen molar-refractivity contribution in [3.63, 3.8) is 0 Å². The Balaban J connectivity index is 2.04. The molecule has 2 aromatic carbocycles. The Kier molecular flexibility index (Phi) is 4.91. The van der Waals surface area contributed by atoms with Gasteiger partial charge in [0.1, 0.15) is 5.75 Å². The minimum Gasteiger partial charge on any atom is -0.508 e. The highest BCUT2D eigenvalue weighted by Gasteiger charge is 2.06. The minimum atomic E-state index is 0.223. The summed E-state index contributed by atoms with van der Waals surface area (Å²) >= 11 is 6.08. The van der Waals surface area contributed by atoms with E-state index in [9.17, 15) is 5.11 Å². The van der Waals surface area contributed by atoms with Crippen molar-refractivity contribution in [2.45, 2.75) is 32.7 Å². The number of anilines is 1. The number of hydrogen-bond acceptors (Lipinski definition) is 2. The molecular weight excluding hydrogens is 270 g/mol. The summed E-state index contributed by atoms with van der Waals surface area (Å²) in [6.07, 6.45) is 1.14. The largest absolute Gasteiger partial charge is 0.508 e. The van der Waals surface area contributed by atoms with Crippen LogP contribution < -0.4 is 5.32 Å². The highest BCUT2D eigenvalue weighted by Crippen LogP contribution is 2.26. The smallest absolute Gasteiger partial charge is 0.122 e. The molecule has 0 spiro atoms. The Morgan fingerprint density at radius 2 is 1.85 bits per heavy atom. The first-order valence-corrected chi connectivity index (χ1v) is 7.29. The SMILES string of the molecule is CCC(C)c1ccc(NCc2c(O)cccc2Cl)cc1. The van der Waals surface area contributed by atoms with E-state index >= 15 is 0 Å². The van der Waals surface area contributed by atoms with Crippen molar-refractivity contribution < 1.29 is 5.11 Å². The van der Waals surface area contributed by atoms with Gasteiger partial charge >= 0.3 is 0 Å². The van der Waals surface area contributed by atoms with Crippen molar-refractivity contribution in [2.75, 3.05) is 5.32 Å². The van der Waals surface area contributed by atoms with Gasteiger partial charge in [0, 0.05) is 22.8 Å². The molecule has 0 aliphatic heterocycles. The van der Waals surface area contributed by atoms with Crippen molar-refractivity contribution in [1.82, 2.24) is 0 Å². The highest BCUT2D eigenvalue weighted by molar-refractivity contribution is 6.31. The molecule has 106 valence electrons. The van der Waals surface area contributed by atoms with Crippen LogP contribution in [0.3, 0.4) is 0 Å². The van der Waals surface area contributed by atoms with Gasteiger partial charge in [-0.05, 0) is 42.2 Å². The van der Waals surface area contributed by atoms with Crippen molar-refractivity contribution in [3.05, 3.63) is 58.6 Å². The predicted molar refractivity (Wildman–Crippen MR) is 85.6 cm³/mol. The number of aromatic hydroxyl groups is 1. The second kappa shape index (κ2) is 6.67. The lowest BCUT2D eigenvalue weighted by molar-refractivity contribution is 0.469. The van der Waals surface area contributed by atoms with E-state index in [1.165, 1.54) is 5.56 Å². The predicted octanol–water partition coefficient (Wildman–Crippen LogP) is 5.17. The molecule has 0 amide bonds. The van der Waals surface area contributed by atoms with E-state index in [4.69, 9.17) is 11.6 Å². The van der Waals surface area contributed by atoms with Gasteiger partial charge in [0.15, 0.2) is 0 Å². The Morgan fingerprint density at radius 3 is 2.45 bits per heavy atom. The van der Waals surface area contributed by atoms with Crippen LogP contribution in [0.1, 0.15) is 37.3 Å². The van der Waals surface area contributed by atoms with Gasteiger partial charge in [-0.2, -0.15) is 0 Å². The summed E-state index contributed by atoms with van der Waals surface area (Å²) in [6.45, 7) is 4.93. The average molecular weight is 290 g/mol. The van der Waals surface area contributed by atoms with Gasteiger partial charge in [0.05, 0.1) is 0 Å². The summed E-state index contributed by atoms with van der Waals surface area (Å²) in [5.74, 6) is 0.804. The summed E-state index contributed by atoms with van der Waals surface area (Å²) in [7, 11) is 0. The molecule has 0 fully saturated rings. The van der Waals surface area contributed by atoms with Crippen molar-refractivity contribution in [2.24, 2.45) is 0 Å². The third kappa shape index (κ3) is 3.45. The zero-order chi connectivity index (χ0) is 14.5. The average Bonchev–Trinajstić information content (AvgIpc) is 2.46. The molecule has 0 aromatic heterocycles. The molecule has 0 bridgehead atoms. The molecule has 0 heterocycles. The number of phenols is 1. The van der Waals surface area contributed by atoms with Gasteiger partial charge in [-0.25, -0.2) is 0 Å². The molecule has 0 radical (unpaired) electrons. The molecule has 1 unspecified atom stereocenters. The Bertz CT molecular complexity index is 545. The monoisotopic (exact) mass is 289 g/mol. The first-order valence-electron chi connectivity index (χ1n) is 6.92. The quantitative estimate of drug-likeness (QED) is 0.796. The van der Waals surface area contributed by atoms with E-state index in [0.717, 1.165) is 17.7 Å². The fourth-order valence-corrected chi connectivity index (χ4v) is 2.31. The third-order valence-corrected chi connectivity index (χ3v) is 4.01. The molecule has 0 saturated heterocycles. The highest BCUT2D eigenvalue weighted by atomic mass is 35.5. The van der Waals surface area contributed by atoms with E-state index in [1.54, 1.807) is 18.2 Å². The fourth-order valence-electron chi connectivity index (χ4n) is 2.08. The van der Waals surface area contributed by atoms with Crippen molar-refractivity contribution in [3.8, 4) is 5.75 Å². The number of benzene rings is 2. The van der Waals surface area contributed by atoms with Gasteiger partial charge in [-0.1, -0.05) is 43.6 Å². The summed E-state index contributed by atoms with van der Waals surface area (Å²) in [6, 6.07) is 13.6. The maximum absolute atomic E-state index is 9.79. The zero-order valence-electron chi connectivity index (χ0n) is 11.9. The number of halogens is 1. The summed E-state index contributed by atoms with van der Waals surface area (Å²) < 4.78 is 0. The van der Waals surface area contributed by atoms with Gasteiger partial charge in [0.2, 0.25) is 0 Å². The first kappa shape index (κ1) is 14.7. The topological polar surface area (TPSA) is 32.3 Å². The number of phenolic OH excluding ortho intramolecular Hbond substituents is 1. The van der Waals surface area contributed by atoms with Crippen molar-refractivity contribution >= 4 is 17.3 Å². The molecule has 2 aromatic rings. The van der Waals surface area contributed by atoms with Crippen LogP contribution in [0.25, 0.3) is 0 Å². The maximum atomic E-state index is 9.79. The summed E-state index contributed by atoms with van der Waals surface area (Å²) in [5, 5.41) is 13.7. The van der Waals surface area contributed by atoms with E-state index in [0.29, 0.717) is 17.5 Å². The molecular formula is C17H20ClNO. The molecule has 1 atom stereocenters. The Hall–Kier alpha value is -1.67. The van der Waals surface area contributed by atoms with Gasteiger partial charge < -0.3 is 10.4 Å². The van der Waals surface area contributed by atoms with Crippen LogP contribution in [0, 0.1) is 0 Å². The van der Waals surface area contributed by atoms with E-state index in [1.807, 2.05) is 0 Å². The van der Waals surface area contributed by atoms with Crippen LogP contribution in [0.5, 0.6) is 5.75 Å². The second-order valence-electron chi connectivity index (χ2n) is 5.02. The lowest BCUT2D eigenvalue weighted by Crippen LogP contribution is -2.01. The van der Waals surface area contributed by atoms with Crippen molar-refractivity contribution in [1.29, 1.82) is 0 Å². The van der Waals surface area contributed by atoms with E-state index in [-0.39, 0.29) is 5.75 Å². The zero-order valence-corrected chi connectivity index (χ0v) is 12.6. The molecule has 0 aliphatic rings. The standard InChI is InChI=1S/C17H20ClNO/c1-3-12(2)13-7-9-14(10-8-13)19-11-15-16(18)5-4-6-17(15)20/h4-10,12,19-20H,3,11H2,1-2H3. The number of nitrogens with one attached hydrogen (secondary N) is 1. The van der Waals surface area contributed by atoms with Crippen LogP contribution in [0.15, 0.2) is 42.5 Å². The number of rotatable bonds is 5. The molecule has 20 heavy (non-hydrogen) atoms. The van der Waals surface area contributed by atoms with Crippen LogP contribution in [-0.4, -0.2) is 5.11 Å². The van der Waals surface area contributed by atoms with E-state index < -0.39 is 0 Å². The lowest BCUT2D eigenvalue weighted by atomic mass is 9.98. The first-order chi connectivity index (χ1) is 9.61. The van der Waals surface area contributed by atoms with Gasteiger partial charge in [0.25, 0.3) is 0 Å². The molecule has 3 heteroatoms. The van der Waals surface area contributed by atoms with E-state index in [2.05, 4.69) is 43.4 Å². The molecule has 2 N–H and O–H groups in total. The van der Waals surface area contributed by atoms with Crippen LogP contribution in [0.2, 0.25) is 5.02 Å². The van der Waals surface area contributed by atoms with Gasteiger partial charge in [-0.3, -0.25) is 0 Å². The summed E-state index contributed by atoms with van der Waals surface area (Å²) in [5.41, 5.74) is 3.09. The Morgan fingerprint density at radius 1 is 1.15 bits per heavy atom. The van der Waals surface area contributed by atoms with Crippen LogP contribution >= 0.6 is 11.6 Å². The molecule has 2 nitrogen and oxygen atoms in total. The fraction of sp³-hybridized carbons (Fsp3) is 0.294. The Labute approximate surface area is 125 Å². The normalized spacial score (nSPS) is 12.2. The van der Waals surface area contributed by atoms with Gasteiger partial charge in [-0.15, -0.1) is 0 Å². The molecule has 2 rings (SSSR count).